The minimum atomic E-state index is -0.575. The number of thioether (sulfide) groups is 1. The fraction of sp³-hybridized carbons (Fsp3) is 0.0476. The third-order valence-electron chi connectivity index (χ3n) is 4.00. The molecular formula is C21H17N5O3S3. The lowest BCUT2D eigenvalue weighted by Crippen LogP contribution is -2.17. The van der Waals surface area contributed by atoms with Crippen LogP contribution in [0.25, 0.3) is 0 Å². The van der Waals surface area contributed by atoms with Crippen molar-refractivity contribution in [2.45, 2.75) is 4.34 Å². The van der Waals surface area contributed by atoms with Crippen LogP contribution in [0, 0.1) is 0 Å². The van der Waals surface area contributed by atoms with Gasteiger partial charge in [-0.3, -0.25) is 9.59 Å². The van der Waals surface area contributed by atoms with Gasteiger partial charge in [-0.25, -0.2) is 0 Å². The number of aromatic nitrogens is 2. The number of thiophene rings is 1. The van der Waals surface area contributed by atoms with E-state index in [1.807, 2.05) is 54.6 Å². The highest BCUT2D eigenvalue weighted by Crippen LogP contribution is 2.29. The lowest BCUT2D eigenvalue weighted by Gasteiger charge is -2.06. The summed E-state index contributed by atoms with van der Waals surface area (Å²) in [6, 6.07) is 18.6. The Balaban J connectivity index is 1.28. The number of nitrogens with two attached hydrogens (primary N) is 1. The van der Waals surface area contributed by atoms with Crippen LogP contribution in [0.1, 0.15) is 10.4 Å². The highest BCUT2D eigenvalue weighted by atomic mass is 32.2. The molecule has 0 saturated heterocycles. The summed E-state index contributed by atoms with van der Waals surface area (Å²) in [5.41, 5.74) is 6.43. The Labute approximate surface area is 195 Å². The number of primary amides is 1. The molecule has 8 nitrogen and oxygen atoms in total. The summed E-state index contributed by atoms with van der Waals surface area (Å²) in [7, 11) is 0. The first kappa shape index (κ1) is 21.8. The summed E-state index contributed by atoms with van der Waals surface area (Å²) in [6.07, 6.45) is 0. The molecule has 162 valence electrons. The van der Waals surface area contributed by atoms with Gasteiger partial charge in [0, 0.05) is 5.69 Å². The van der Waals surface area contributed by atoms with Gasteiger partial charge in [-0.2, -0.15) is 0 Å². The summed E-state index contributed by atoms with van der Waals surface area (Å²) in [4.78, 5) is 23.5. The van der Waals surface area contributed by atoms with Crippen LogP contribution >= 0.6 is 34.4 Å². The fourth-order valence-electron chi connectivity index (χ4n) is 2.56. The normalized spacial score (nSPS) is 10.5. The van der Waals surface area contributed by atoms with E-state index in [0.29, 0.717) is 20.0 Å². The van der Waals surface area contributed by atoms with E-state index in [2.05, 4.69) is 20.8 Å². The van der Waals surface area contributed by atoms with Crippen molar-refractivity contribution < 1.29 is 14.3 Å². The number of carbonyl (C=O) groups excluding carboxylic acids is 2. The van der Waals surface area contributed by atoms with Gasteiger partial charge in [0.05, 0.1) is 11.3 Å². The van der Waals surface area contributed by atoms with Gasteiger partial charge in [-0.05, 0) is 47.8 Å². The van der Waals surface area contributed by atoms with E-state index in [4.69, 9.17) is 10.5 Å². The number of anilines is 3. The summed E-state index contributed by atoms with van der Waals surface area (Å²) in [5.74, 6) is 0.808. The van der Waals surface area contributed by atoms with Crippen LogP contribution in [0.5, 0.6) is 11.5 Å². The molecule has 0 unspecified atom stereocenters. The van der Waals surface area contributed by atoms with Crippen LogP contribution in [-0.2, 0) is 4.79 Å². The number of carbonyl (C=O) groups is 2. The van der Waals surface area contributed by atoms with Crippen LogP contribution in [0.4, 0.5) is 15.8 Å². The molecule has 0 aliphatic carbocycles. The van der Waals surface area contributed by atoms with E-state index >= 15 is 0 Å². The number of rotatable bonds is 9. The number of para-hydroxylation sites is 1. The minimum Gasteiger partial charge on any atom is -0.457 e. The maximum Gasteiger partial charge on any atom is 0.251 e. The van der Waals surface area contributed by atoms with Crippen molar-refractivity contribution in [1.82, 2.24) is 10.2 Å². The first-order chi connectivity index (χ1) is 15.6. The van der Waals surface area contributed by atoms with Gasteiger partial charge in [-0.15, -0.1) is 21.5 Å². The zero-order chi connectivity index (χ0) is 22.3. The molecule has 2 aromatic heterocycles. The summed E-state index contributed by atoms with van der Waals surface area (Å²) in [6.45, 7) is 0. The molecule has 0 saturated carbocycles. The Bertz CT molecular complexity index is 1210. The molecule has 0 spiro atoms. The fourth-order valence-corrected chi connectivity index (χ4v) is 4.94. The average Bonchev–Trinajstić information content (AvgIpc) is 3.44. The van der Waals surface area contributed by atoms with Crippen molar-refractivity contribution in [3.8, 4) is 11.5 Å². The molecule has 0 aliphatic rings. The van der Waals surface area contributed by atoms with E-state index in [-0.39, 0.29) is 11.7 Å². The van der Waals surface area contributed by atoms with Gasteiger partial charge in [0.25, 0.3) is 5.91 Å². The number of ether oxygens (including phenoxy) is 1. The number of hydrogen-bond acceptors (Lipinski definition) is 9. The van der Waals surface area contributed by atoms with Gasteiger partial charge in [0.2, 0.25) is 11.0 Å². The third-order valence-corrected chi connectivity index (χ3v) is 6.80. The number of amides is 2. The molecule has 4 rings (SSSR count). The second-order valence-corrected chi connectivity index (χ2v) is 9.42. The zero-order valence-electron chi connectivity index (χ0n) is 16.5. The monoisotopic (exact) mass is 483 g/mol. The van der Waals surface area contributed by atoms with E-state index in [1.165, 1.54) is 34.4 Å². The summed E-state index contributed by atoms with van der Waals surface area (Å²) < 4.78 is 6.43. The summed E-state index contributed by atoms with van der Waals surface area (Å²) in [5, 5.41) is 16.8. The molecule has 4 aromatic rings. The van der Waals surface area contributed by atoms with Crippen molar-refractivity contribution >= 4 is 62.1 Å². The third kappa shape index (κ3) is 5.84. The molecule has 0 atom stereocenters. The van der Waals surface area contributed by atoms with Crippen LogP contribution in [0.15, 0.2) is 70.4 Å². The highest BCUT2D eigenvalue weighted by Gasteiger charge is 2.14. The van der Waals surface area contributed by atoms with E-state index in [0.717, 1.165) is 17.2 Å². The minimum absolute atomic E-state index is 0.135. The molecule has 32 heavy (non-hydrogen) atoms. The molecule has 0 aliphatic heterocycles. The lowest BCUT2D eigenvalue weighted by atomic mass is 10.3. The number of nitrogens with one attached hydrogen (secondary N) is 2. The van der Waals surface area contributed by atoms with Gasteiger partial charge in [0.1, 0.15) is 16.5 Å². The molecule has 11 heteroatoms. The van der Waals surface area contributed by atoms with E-state index in [1.54, 1.807) is 11.4 Å². The standard InChI is InChI=1S/C21H17N5O3S3/c22-18(28)16-10-11-30-19(16)24-17(27)12-31-21-26-25-20(32-21)23-13-6-8-15(9-7-13)29-14-4-2-1-3-5-14/h1-11H,12H2,(H2,22,28)(H,23,25)(H,24,27). The van der Waals surface area contributed by atoms with Crippen molar-refractivity contribution in [3.63, 3.8) is 0 Å². The molecule has 0 bridgehead atoms. The predicted molar refractivity (Wildman–Crippen MR) is 128 cm³/mol. The average molecular weight is 484 g/mol. The molecule has 2 aromatic carbocycles. The summed E-state index contributed by atoms with van der Waals surface area (Å²) >= 11 is 3.85. The molecule has 0 radical (unpaired) electrons. The second-order valence-electron chi connectivity index (χ2n) is 6.30. The van der Waals surface area contributed by atoms with Gasteiger partial charge >= 0.3 is 0 Å². The second kappa shape index (κ2) is 10.3. The number of benzene rings is 2. The first-order valence-electron chi connectivity index (χ1n) is 9.30. The Hall–Kier alpha value is -3.41. The van der Waals surface area contributed by atoms with Crippen LogP contribution in [0.3, 0.4) is 0 Å². The Morgan fingerprint density at radius 2 is 1.75 bits per heavy atom. The van der Waals surface area contributed by atoms with Gasteiger partial charge in [0.15, 0.2) is 4.34 Å². The maximum absolute atomic E-state index is 12.2. The Kier molecular flexibility index (Phi) is 7.00. The quantitative estimate of drug-likeness (QED) is 0.288. The van der Waals surface area contributed by atoms with Crippen molar-refractivity contribution in [3.05, 3.63) is 71.6 Å². The first-order valence-corrected chi connectivity index (χ1v) is 12.0. The largest absolute Gasteiger partial charge is 0.457 e. The Morgan fingerprint density at radius 3 is 2.50 bits per heavy atom. The van der Waals surface area contributed by atoms with Crippen molar-refractivity contribution in [2.24, 2.45) is 5.73 Å². The molecular weight excluding hydrogens is 466 g/mol. The van der Waals surface area contributed by atoms with Crippen LogP contribution < -0.4 is 21.1 Å². The van der Waals surface area contributed by atoms with Crippen LogP contribution in [0.2, 0.25) is 0 Å². The molecule has 2 amide bonds. The van der Waals surface area contributed by atoms with Gasteiger partial charge in [-0.1, -0.05) is 41.3 Å². The lowest BCUT2D eigenvalue weighted by molar-refractivity contribution is -0.113. The predicted octanol–water partition coefficient (Wildman–Crippen LogP) is 4.97. The maximum atomic E-state index is 12.2. The molecule has 0 fully saturated rings. The zero-order valence-corrected chi connectivity index (χ0v) is 18.9. The van der Waals surface area contributed by atoms with E-state index < -0.39 is 5.91 Å². The number of nitrogens with zero attached hydrogens (tertiary/aromatic N) is 2. The number of hydrogen-bond donors (Lipinski definition) is 3. The van der Waals surface area contributed by atoms with Gasteiger partial charge < -0.3 is 21.1 Å². The smallest absolute Gasteiger partial charge is 0.251 e. The topological polar surface area (TPSA) is 119 Å². The van der Waals surface area contributed by atoms with Crippen molar-refractivity contribution in [2.75, 3.05) is 16.4 Å². The van der Waals surface area contributed by atoms with Crippen molar-refractivity contribution in [1.29, 1.82) is 0 Å². The van der Waals surface area contributed by atoms with E-state index in [9.17, 15) is 9.59 Å². The van der Waals surface area contributed by atoms with Crippen LogP contribution in [-0.4, -0.2) is 27.8 Å². The Morgan fingerprint density at radius 1 is 1.00 bits per heavy atom. The molecule has 2 heterocycles. The molecule has 4 N–H and O–H groups in total. The highest BCUT2D eigenvalue weighted by molar-refractivity contribution is 8.01. The SMILES string of the molecule is NC(=O)c1ccsc1NC(=O)CSc1nnc(Nc2ccc(Oc3ccccc3)cc2)s1.